The van der Waals surface area contributed by atoms with E-state index in [1.54, 1.807) is 13.3 Å². The van der Waals surface area contributed by atoms with Gasteiger partial charge >= 0.3 is 0 Å². The number of hydrogen-bond donors (Lipinski definition) is 0. The predicted molar refractivity (Wildman–Crippen MR) is 70.9 cm³/mol. The van der Waals surface area contributed by atoms with E-state index in [9.17, 15) is 0 Å². The summed E-state index contributed by atoms with van der Waals surface area (Å²) in [4.78, 5) is 4.14. The molecule has 1 aromatic rings. The summed E-state index contributed by atoms with van der Waals surface area (Å²) in [5.41, 5.74) is 0. The van der Waals surface area contributed by atoms with Crippen molar-refractivity contribution in [2.24, 2.45) is 0 Å². The summed E-state index contributed by atoms with van der Waals surface area (Å²) in [6.45, 7) is 8.00. The molecule has 1 heterocycles. The van der Waals surface area contributed by atoms with Crippen molar-refractivity contribution < 1.29 is 4.74 Å². The lowest BCUT2D eigenvalue weighted by Gasteiger charge is -2.03. The third kappa shape index (κ3) is 3.69. The molecule has 16 heavy (non-hydrogen) atoms. The Kier molecular flexibility index (Phi) is 8.22. The van der Waals surface area contributed by atoms with Crippen molar-refractivity contribution >= 4 is 12.2 Å². The van der Waals surface area contributed by atoms with Crippen molar-refractivity contribution in [3.63, 3.8) is 0 Å². The van der Waals surface area contributed by atoms with E-state index in [4.69, 9.17) is 4.74 Å². The minimum atomic E-state index is 0.739. The van der Waals surface area contributed by atoms with Gasteiger partial charge in [-0.15, -0.1) is 0 Å². The third-order valence-corrected chi connectivity index (χ3v) is 2.06. The molecule has 0 bridgehead atoms. The van der Waals surface area contributed by atoms with Crippen molar-refractivity contribution in [3.8, 4) is 5.88 Å². The van der Waals surface area contributed by atoms with E-state index < -0.39 is 0 Å². The highest BCUT2D eigenvalue weighted by Gasteiger charge is 1.99. The van der Waals surface area contributed by atoms with Crippen molar-refractivity contribution in [1.82, 2.24) is 4.98 Å². The SMILES string of the molecule is CC.CC.COc1nccc2c1=CCCC=2. The topological polar surface area (TPSA) is 22.1 Å². The predicted octanol–water partition coefficient (Wildman–Crippen LogP) is 2.50. The van der Waals surface area contributed by atoms with E-state index >= 15 is 0 Å². The van der Waals surface area contributed by atoms with E-state index in [1.807, 2.05) is 33.8 Å². The zero-order chi connectivity index (χ0) is 12.4. The Balaban J connectivity index is 0.000000509. The number of methoxy groups -OCH3 is 1. The Bertz CT molecular complexity index is 396. The summed E-state index contributed by atoms with van der Waals surface area (Å²) in [5, 5.41) is 2.39. The second-order valence-corrected chi connectivity index (χ2v) is 2.81. The molecule has 1 aliphatic rings. The van der Waals surface area contributed by atoms with Crippen molar-refractivity contribution in [2.45, 2.75) is 40.5 Å². The normalized spacial score (nSPS) is 11.3. The molecular formula is C14H23NO. The summed E-state index contributed by atoms with van der Waals surface area (Å²) in [6, 6.07) is 2.02. The zero-order valence-corrected chi connectivity index (χ0v) is 11.1. The Morgan fingerprint density at radius 3 is 2.31 bits per heavy atom. The maximum absolute atomic E-state index is 5.15. The Labute approximate surface area is 98.7 Å². The molecule has 0 saturated carbocycles. The fraction of sp³-hybridized carbons (Fsp3) is 0.500. The van der Waals surface area contributed by atoms with Crippen LogP contribution in [0.2, 0.25) is 0 Å². The van der Waals surface area contributed by atoms with Gasteiger partial charge in [0, 0.05) is 11.4 Å². The van der Waals surface area contributed by atoms with Gasteiger partial charge in [-0.2, -0.15) is 0 Å². The second kappa shape index (κ2) is 8.96. The number of ether oxygens (including phenoxy) is 1. The van der Waals surface area contributed by atoms with Crippen LogP contribution in [0.4, 0.5) is 0 Å². The van der Waals surface area contributed by atoms with Gasteiger partial charge in [-0.1, -0.05) is 39.8 Å². The molecule has 1 aliphatic carbocycles. The first kappa shape index (κ1) is 14.7. The van der Waals surface area contributed by atoms with Gasteiger partial charge in [0.2, 0.25) is 5.88 Å². The van der Waals surface area contributed by atoms with Crippen molar-refractivity contribution in [1.29, 1.82) is 0 Å². The van der Waals surface area contributed by atoms with Crippen molar-refractivity contribution in [3.05, 3.63) is 22.7 Å². The molecule has 90 valence electrons. The molecule has 0 saturated heterocycles. The van der Waals surface area contributed by atoms with Crippen LogP contribution in [0.15, 0.2) is 12.3 Å². The molecule has 0 radical (unpaired) electrons. The number of nitrogens with zero attached hydrogens (tertiary/aromatic N) is 1. The van der Waals surface area contributed by atoms with E-state index in [2.05, 4.69) is 17.1 Å². The third-order valence-electron chi connectivity index (χ3n) is 2.06. The Morgan fingerprint density at radius 2 is 1.69 bits per heavy atom. The van der Waals surface area contributed by atoms with Gasteiger partial charge in [0.05, 0.1) is 7.11 Å². The van der Waals surface area contributed by atoms with E-state index in [0.29, 0.717) is 0 Å². The maximum Gasteiger partial charge on any atom is 0.220 e. The van der Waals surface area contributed by atoms with E-state index in [0.717, 1.165) is 23.9 Å². The number of rotatable bonds is 1. The minimum absolute atomic E-state index is 0.739. The van der Waals surface area contributed by atoms with Crippen molar-refractivity contribution in [2.75, 3.05) is 7.11 Å². The van der Waals surface area contributed by atoms with Crippen LogP contribution < -0.4 is 15.2 Å². The summed E-state index contributed by atoms with van der Waals surface area (Å²) >= 11 is 0. The van der Waals surface area contributed by atoms with Crippen LogP contribution >= 0.6 is 0 Å². The van der Waals surface area contributed by atoms with Crippen LogP contribution in [0.3, 0.4) is 0 Å². The molecule has 0 atom stereocenters. The van der Waals surface area contributed by atoms with Crippen LogP contribution in [0.25, 0.3) is 12.2 Å². The largest absolute Gasteiger partial charge is 0.481 e. The lowest BCUT2D eigenvalue weighted by atomic mass is 10.1. The van der Waals surface area contributed by atoms with Gasteiger partial charge in [-0.25, -0.2) is 4.98 Å². The first-order valence-electron chi connectivity index (χ1n) is 6.11. The number of hydrogen-bond acceptors (Lipinski definition) is 2. The molecule has 0 N–H and O–H groups in total. The van der Waals surface area contributed by atoms with Gasteiger partial charge in [0.25, 0.3) is 0 Å². The van der Waals surface area contributed by atoms with Crippen LogP contribution in [0, 0.1) is 0 Å². The highest BCUT2D eigenvalue weighted by Crippen LogP contribution is 1.99. The molecule has 2 rings (SSSR count). The Hall–Kier alpha value is -1.31. The molecule has 2 heteroatoms. The summed E-state index contributed by atoms with van der Waals surface area (Å²) < 4.78 is 5.15. The summed E-state index contributed by atoms with van der Waals surface area (Å²) in [6.07, 6.45) is 8.41. The average Bonchev–Trinajstić information content (AvgIpc) is 2.42. The Morgan fingerprint density at radius 1 is 1.06 bits per heavy atom. The lowest BCUT2D eigenvalue weighted by Crippen LogP contribution is -2.28. The smallest absolute Gasteiger partial charge is 0.220 e. The fourth-order valence-corrected chi connectivity index (χ4v) is 1.48. The first-order valence-corrected chi connectivity index (χ1v) is 6.11. The average molecular weight is 221 g/mol. The highest BCUT2D eigenvalue weighted by molar-refractivity contribution is 5.40. The van der Waals surface area contributed by atoms with Gasteiger partial charge < -0.3 is 4.74 Å². The summed E-state index contributed by atoms with van der Waals surface area (Å²) in [7, 11) is 1.66. The second-order valence-electron chi connectivity index (χ2n) is 2.81. The van der Waals surface area contributed by atoms with Gasteiger partial charge in [0.15, 0.2) is 0 Å². The molecule has 0 unspecified atom stereocenters. The van der Waals surface area contributed by atoms with Gasteiger partial charge in [-0.05, 0) is 24.1 Å². The van der Waals surface area contributed by atoms with E-state index in [-0.39, 0.29) is 0 Å². The standard InChI is InChI=1S/C10H11NO.2C2H6/c1-12-10-9-5-3-2-4-8(9)6-7-11-10;2*1-2/h4-7H,2-3H2,1H3;2*1-2H3. The van der Waals surface area contributed by atoms with Crippen LogP contribution in [-0.4, -0.2) is 12.1 Å². The lowest BCUT2D eigenvalue weighted by molar-refractivity contribution is 0.393. The quantitative estimate of drug-likeness (QED) is 0.727. The van der Waals surface area contributed by atoms with E-state index in [1.165, 1.54) is 5.22 Å². The number of pyridine rings is 1. The van der Waals surface area contributed by atoms with Crippen LogP contribution in [0.1, 0.15) is 40.5 Å². The van der Waals surface area contributed by atoms with Crippen LogP contribution in [-0.2, 0) is 0 Å². The molecule has 0 aromatic carbocycles. The number of fused-ring (bicyclic) bond motifs is 1. The van der Waals surface area contributed by atoms with Gasteiger partial charge in [-0.3, -0.25) is 0 Å². The molecular weight excluding hydrogens is 198 g/mol. The summed E-state index contributed by atoms with van der Waals surface area (Å²) in [5.74, 6) is 0.739. The molecule has 0 amide bonds. The van der Waals surface area contributed by atoms with Crippen LogP contribution in [0.5, 0.6) is 5.88 Å². The molecule has 1 aromatic heterocycles. The maximum atomic E-state index is 5.15. The number of aromatic nitrogens is 1. The molecule has 0 aliphatic heterocycles. The monoisotopic (exact) mass is 221 g/mol. The molecule has 0 spiro atoms. The zero-order valence-electron chi connectivity index (χ0n) is 11.1. The molecule has 2 nitrogen and oxygen atoms in total. The first-order chi connectivity index (χ1) is 7.92. The minimum Gasteiger partial charge on any atom is -0.481 e. The molecule has 0 fully saturated rings. The van der Waals surface area contributed by atoms with Gasteiger partial charge in [0.1, 0.15) is 0 Å². The highest BCUT2D eigenvalue weighted by atomic mass is 16.5. The fourth-order valence-electron chi connectivity index (χ4n) is 1.48.